The van der Waals surface area contributed by atoms with Crippen LogP contribution in [0.25, 0.3) is 12.2 Å². The van der Waals surface area contributed by atoms with E-state index < -0.39 is 21.8 Å². The number of para-hydroxylation sites is 2. The van der Waals surface area contributed by atoms with Crippen LogP contribution in [0.2, 0.25) is 0 Å². The summed E-state index contributed by atoms with van der Waals surface area (Å²) in [7, 11) is -4.41. The molecule has 0 aliphatic rings. The molecule has 0 bridgehead atoms. The fourth-order valence-corrected chi connectivity index (χ4v) is 5.09. The number of anilines is 2. The summed E-state index contributed by atoms with van der Waals surface area (Å²) in [6, 6.07) is 32.4. The van der Waals surface area contributed by atoms with Crippen molar-refractivity contribution < 1.29 is 18.0 Å². The Labute approximate surface area is 216 Å². The zero-order valence-corrected chi connectivity index (χ0v) is 20.6. The quantitative estimate of drug-likeness (QED) is 0.306. The molecule has 0 atom stereocenters. The first-order chi connectivity index (χ1) is 17.9. The molecular formula is C30H24N2O4S. The van der Waals surface area contributed by atoms with Crippen molar-refractivity contribution in [1.29, 1.82) is 0 Å². The Bertz CT molecular complexity index is 1530. The van der Waals surface area contributed by atoms with Crippen LogP contribution in [0, 0.1) is 0 Å². The van der Waals surface area contributed by atoms with Crippen LogP contribution in [-0.2, 0) is 19.6 Å². The van der Waals surface area contributed by atoms with Crippen LogP contribution in [0.1, 0.15) is 11.1 Å². The minimum Gasteiger partial charge on any atom is -0.321 e. The van der Waals surface area contributed by atoms with E-state index in [1.807, 2.05) is 48.5 Å². The van der Waals surface area contributed by atoms with E-state index in [0.29, 0.717) is 0 Å². The number of carbonyl (C=O) groups excluding carboxylic acids is 2. The number of carbonyl (C=O) groups is 2. The Kier molecular flexibility index (Phi) is 8.08. The molecule has 37 heavy (non-hydrogen) atoms. The van der Waals surface area contributed by atoms with Gasteiger partial charge in [0.15, 0.2) is 0 Å². The van der Waals surface area contributed by atoms with Gasteiger partial charge < -0.3 is 5.32 Å². The summed E-state index contributed by atoms with van der Waals surface area (Å²) in [6.45, 7) is 0. The number of sulfonamides is 1. The smallest absolute Gasteiger partial charge is 0.273 e. The van der Waals surface area contributed by atoms with Crippen LogP contribution in [0.3, 0.4) is 0 Å². The molecule has 0 radical (unpaired) electrons. The highest BCUT2D eigenvalue weighted by Crippen LogP contribution is 2.29. The Morgan fingerprint density at radius 2 is 1.11 bits per heavy atom. The van der Waals surface area contributed by atoms with E-state index in [4.69, 9.17) is 0 Å². The van der Waals surface area contributed by atoms with E-state index in [2.05, 4.69) is 5.32 Å². The number of nitrogens with zero attached hydrogens (tertiary/aromatic N) is 1. The lowest BCUT2D eigenvalue weighted by molar-refractivity contribution is -0.113. The fourth-order valence-electron chi connectivity index (χ4n) is 3.55. The molecule has 6 nitrogen and oxygen atoms in total. The van der Waals surface area contributed by atoms with E-state index in [0.717, 1.165) is 15.4 Å². The largest absolute Gasteiger partial charge is 0.321 e. The Morgan fingerprint density at radius 1 is 0.622 bits per heavy atom. The third-order valence-electron chi connectivity index (χ3n) is 5.30. The third kappa shape index (κ3) is 6.48. The Balaban J connectivity index is 1.67. The van der Waals surface area contributed by atoms with Crippen LogP contribution >= 0.6 is 0 Å². The predicted octanol–water partition coefficient (Wildman–Crippen LogP) is 5.77. The summed E-state index contributed by atoms with van der Waals surface area (Å²) in [5, 5.41) is 2.63. The SMILES string of the molecule is O=C(C=Cc1ccccc1)Nc1ccccc1S(=O)(=O)N(C(=O)C=Cc1ccccc1)c1ccccc1. The van der Waals surface area contributed by atoms with Crippen molar-refractivity contribution in [2.24, 2.45) is 0 Å². The standard InChI is InChI=1S/C30H24N2O4S/c33-29(22-20-24-12-4-1-5-13-24)31-27-18-10-11-19-28(27)37(35,36)32(26-16-8-3-9-17-26)30(34)23-21-25-14-6-2-7-15-25/h1-23H,(H,31,33). The monoisotopic (exact) mass is 508 g/mol. The number of amides is 2. The van der Waals surface area contributed by atoms with Gasteiger partial charge >= 0.3 is 0 Å². The highest BCUT2D eigenvalue weighted by Gasteiger charge is 2.31. The Morgan fingerprint density at radius 3 is 1.70 bits per heavy atom. The molecule has 0 spiro atoms. The number of hydrogen-bond donors (Lipinski definition) is 1. The minimum atomic E-state index is -4.41. The number of benzene rings is 4. The summed E-state index contributed by atoms with van der Waals surface area (Å²) < 4.78 is 28.5. The number of rotatable bonds is 8. The van der Waals surface area contributed by atoms with Crippen molar-refractivity contribution >= 4 is 45.4 Å². The van der Waals surface area contributed by atoms with Crippen molar-refractivity contribution in [2.45, 2.75) is 4.90 Å². The zero-order chi connectivity index (χ0) is 26.1. The first-order valence-corrected chi connectivity index (χ1v) is 12.9. The van der Waals surface area contributed by atoms with Gasteiger partial charge in [0, 0.05) is 12.2 Å². The normalized spacial score (nSPS) is 11.5. The van der Waals surface area contributed by atoms with Gasteiger partial charge in [0.05, 0.1) is 11.4 Å². The van der Waals surface area contributed by atoms with Crippen molar-refractivity contribution in [3.8, 4) is 0 Å². The molecule has 0 aliphatic heterocycles. The lowest BCUT2D eigenvalue weighted by Crippen LogP contribution is -2.36. The van der Waals surface area contributed by atoms with Crippen LogP contribution in [0.5, 0.6) is 0 Å². The number of nitrogens with one attached hydrogen (secondary N) is 1. The number of hydrogen-bond acceptors (Lipinski definition) is 4. The molecule has 4 aromatic rings. The van der Waals surface area contributed by atoms with Crippen molar-refractivity contribution in [3.05, 3.63) is 139 Å². The van der Waals surface area contributed by atoms with Gasteiger partial charge in [-0.3, -0.25) is 9.59 Å². The van der Waals surface area contributed by atoms with Gasteiger partial charge in [-0.1, -0.05) is 91.0 Å². The maximum absolute atomic E-state index is 13.9. The molecule has 184 valence electrons. The fraction of sp³-hybridized carbons (Fsp3) is 0. The van der Waals surface area contributed by atoms with Crippen molar-refractivity contribution in [3.63, 3.8) is 0 Å². The van der Waals surface area contributed by atoms with E-state index in [1.165, 1.54) is 42.5 Å². The molecule has 4 aromatic carbocycles. The van der Waals surface area contributed by atoms with Crippen LogP contribution in [-0.4, -0.2) is 20.2 Å². The van der Waals surface area contributed by atoms with Gasteiger partial charge in [0.25, 0.3) is 15.9 Å². The van der Waals surface area contributed by atoms with Gasteiger partial charge in [-0.25, -0.2) is 8.42 Å². The molecule has 7 heteroatoms. The topological polar surface area (TPSA) is 83.6 Å². The van der Waals surface area contributed by atoms with Crippen LogP contribution in [0.4, 0.5) is 11.4 Å². The summed E-state index contributed by atoms with van der Waals surface area (Å²) in [6.07, 6.45) is 5.71. The summed E-state index contributed by atoms with van der Waals surface area (Å²) in [5.74, 6) is -1.26. The lowest BCUT2D eigenvalue weighted by Gasteiger charge is -2.22. The highest BCUT2D eigenvalue weighted by atomic mass is 32.2. The average molecular weight is 509 g/mol. The molecule has 1 N–H and O–H groups in total. The predicted molar refractivity (Wildman–Crippen MR) is 147 cm³/mol. The molecule has 0 fully saturated rings. The van der Waals surface area contributed by atoms with Gasteiger partial charge in [0.2, 0.25) is 5.91 Å². The summed E-state index contributed by atoms with van der Waals surface area (Å²) >= 11 is 0. The van der Waals surface area contributed by atoms with Gasteiger partial charge in [-0.05, 0) is 47.5 Å². The van der Waals surface area contributed by atoms with E-state index in [1.54, 1.807) is 48.6 Å². The van der Waals surface area contributed by atoms with Gasteiger partial charge in [-0.2, -0.15) is 4.31 Å². The molecule has 0 aromatic heterocycles. The molecule has 0 unspecified atom stereocenters. The van der Waals surface area contributed by atoms with Gasteiger partial charge in [-0.15, -0.1) is 0 Å². The molecule has 0 saturated heterocycles. The molecule has 4 rings (SSSR count). The lowest BCUT2D eigenvalue weighted by atomic mass is 10.2. The molecular weight excluding hydrogens is 484 g/mol. The van der Waals surface area contributed by atoms with Crippen LogP contribution in [0.15, 0.2) is 132 Å². The molecule has 0 saturated carbocycles. The van der Waals surface area contributed by atoms with E-state index in [-0.39, 0.29) is 16.3 Å². The highest BCUT2D eigenvalue weighted by molar-refractivity contribution is 7.93. The molecule has 2 amide bonds. The first kappa shape index (κ1) is 25.3. The van der Waals surface area contributed by atoms with E-state index >= 15 is 0 Å². The second-order valence-electron chi connectivity index (χ2n) is 7.92. The summed E-state index contributed by atoms with van der Waals surface area (Å²) in [5.41, 5.74) is 1.81. The molecule has 0 aliphatic carbocycles. The first-order valence-electron chi connectivity index (χ1n) is 11.5. The van der Waals surface area contributed by atoms with Crippen molar-refractivity contribution in [2.75, 3.05) is 9.62 Å². The third-order valence-corrected chi connectivity index (χ3v) is 7.08. The second kappa shape index (κ2) is 11.8. The Hall–Kier alpha value is -4.75. The maximum atomic E-state index is 13.9. The van der Waals surface area contributed by atoms with Gasteiger partial charge in [0.1, 0.15) is 4.90 Å². The van der Waals surface area contributed by atoms with E-state index in [9.17, 15) is 18.0 Å². The second-order valence-corrected chi connectivity index (χ2v) is 9.67. The molecule has 0 heterocycles. The minimum absolute atomic E-state index is 0.0611. The summed E-state index contributed by atoms with van der Waals surface area (Å²) in [4.78, 5) is 25.7. The maximum Gasteiger partial charge on any atom is 0.273 e. The van der Waals surface area contributed by atoms with Crippen LogP contribution < -0.4 is 9.62 Å². The zero-order valence-electron chi connectivity index (χ0n) is 19.8. The average Bonchev–Trinajstić information content (AvgIpc) is 2.93. The van der Waals surface area contributed by atoms with Crippen molar-refractivity contribution in [1.82, 2.24) is 0 Å².